The maximum absolute atomic E-state index is 9.55. The van der Waals surface area contributed by atoms with Gasteiger partial charge in [0.1, 0.15) is 5.75 Å². The topological polar surface area (TPSA) is 20.2 Å². The van der Waals surface area contributed by atoms with Gasteiger partial charge in [0, 0.05) is 0 Å². The number of hydrogen-bond donors (Lipinski definition) is 1. The Morgan fingerprint density at radius 3 is 2.40 bits per heavy atom. The molecule has 1 nitrogen and oxygen atoms in total. The number of phenolic OH excluding ortho intramolecular Hbond substituents is 1. The lowest BCUT2D eigenvalue weighted by Crippen LogP contribution is -1.86. The van der Waals surface area contributed by atoms with Gasteiger partial charge in [-0.05, 0) is 24.5 Å². The van der Waals surface area contributed by atoms with Crippen molar-refractivity contribution in [1.82, 2.24) is 0 Å². The molecule has 0 radical (unpaired) electrons. The lowest BCUT2D eigenvalue weighted by Gasteiger charge is -2.03. The van der Waals surface area contributed by atoms with Crippen LogP contribution in [0.4, 0.5) is 0 Å². The molecule has 0 aliphatic rings. The van der Waals surface area contributed by atoms with Crippen LogP contribution in [0.2, 0.25) is 0 Å². The number of phenols is 1. The van der Waals surface area contributed by atoms with E-state index in [9.17, 15) is 5.11 Å². The van der Waals surface area contributed by atoms with E-state index in [1.54, 1.807) is 6.07 Å². The first-order valence-electron chi connectivity index (χ1n) is 6.11. The molecular formula is C14H23O+. The molecule has 84 valence electrons. The minimum absolute atomic E-state index is 0. The highest BCUT2D eigenvalue weighted by Crippen LogP contribution is 2.18. The van der Waals surface area contributed by atoms with Gasteiger partial charge in [-0.25, -0.2) is 0 Å². The fourth-order valence-electron chi connectivity index (χ4n) is 1.82. The van der Waals surface area contributed by atoms with Gasteiger partial charge in [-0.2, -0.15) is 0 Å². The van der Waals surface area contributed by atoms with Gasteiger partial charge in [-0.15, -0.1) is 0 Å². The minimum atomic E-state index is 0. The van der Waals surface area contributed by atoms with Gasteiger partial charge >= 0.3 is 1.43 Å². The van der Waals surface area contributed by atoms with E-state index in [1.807, 2.05) is 18.2 Å². The van der Waals surface area contributed by atoms with E-state index in [-0.39, 0.29) is 1.43 Å². The van der Waals surface area contributed by atoms with Gasteiger partial charge in [0.25, 0.3) is 0 Å². The predicted octanol–water partition coefficient (Wildman–Crippen LogP) is 4.41. The average Bonchev–Trinajstić information content (AvgIpc) is 2.25. The second-order valence-electron chi connectivity index (χ2n) is 4.15. The van der Waals surface area contributed by atoms with Crippen molar-refractivity contribution in [3.05, 3.63) is 29.8 Å². The Hall–Kier alpha value is -0.980. The second kappa shape index (κ2) is 7.33. The third kappa shape index (κ3) is 4.87. The molecule has 0 unspecified atom stereocenters. The van der Waals surface area contributed by atoms with E-state index in [0.717, 1.165) is 12.0 Å². The molecule has 0 aliphatic carbocycles. The summed E-state index contributed by atoms with van der Waals surface area (Å²) in [5.74, 6) is 0.450. The molecule has 0 aromatic heterocycles. The molecule has 0 saturated carbocycles. The van der Waals surface area contributed by atoms with Crippen molar-refractivity contribution in [3.63, 3.8) is 0 Å². The zero-order chi connectivity index (χ0) is 10.9. The van der Waals surface area contributed by atoms with Crippen molar-refractivity contribution in [2.24, 2.45) is 0 Å². The van der Waals surface area contributed by atoms with Crippen molar-refractivity contribution >= 4 is 0 Å². The molecule has 1 N–H and O–H groups in total. The molecule has 0 atom stereocenters. The summed E-state index contributed by atoms with van der Waals surface area (Å²) in [5, 5.41) is 9.55. The Morgan fingerprint density at radius 2 is 1.67 bits per heavy atom. The lowest BCUT2D eigenvalue weighted by molar-refractivity contribution is 0.466. The zero-order valence-corrected chi connectivity index (χ0v) is 9.71. The van der Waals surface area contributed by atoms with Crippen molar-refractivity contribution in [1.29, 1.82) is 0 Å². The number of hydrogen-bond acceptors (Lipinski definition) is 1. The molecule has 1 aromatic rings. The molecule has 0 heterocycles. The summed E-state index contributed by atoms with van der Waals surface area (Å²) in [4.78, 5) is 0. The molecule has 0 spiro atoms. The van der Waals surface area contributed by atoms with Gasteiger partial charge in [-0.3, -0.25) is 0 Å². The van der Waals surface area contributed by atoms with Crippen LogP contribution in [0.1, 0.15) is 52.4 Å². The van der Waals surface area contributed by atoms with Crippen molar-refractivity contribution in [3.8, 4) is 5.75 Å². The van der Waals surface area contributed by atoms with Crippen LogP contribution in [0.3, 0.4) is 0 Å². The van der Waals surface area contributed by atoms with Crippen LogP contribution >= 0.6 is 0 Å². The molecule has 0 aliphatic heterocycles. The van der Waals surface area contributed by atoms with Crippen LogP contribution in [0.5, 0.6) is 5.75 Å². The summed E-state index contributed by atoms with van der Waals surface area (Å²) in [6, 6.07) is 7.65. The summed E-state index contributed by atoms with van der Waals surface area (Å²) in [6.07, 6.45) is 8.85. The third-order valence-electron chi connectivity index (χ3n) is 2.79. The van der Waals surface area contributed by atoms with E-state index in [0.29, 0.717) is 5.75 Å². The van der Waals surface area contributed by atoms with Crippen molar-refractivity contribution in [2.75, 3.05) is 0 Å². The van der Waals surface area contributed by atoms with E-state index < -0.39 is 0 Å². The van der Waals surface area contributed by atoms with Gasteiger partial charge in [0.15, 0.2) is 0 Å². The summed E-state index contributed by atoms with van der Waals surface area (Å²) < 4.78 is 0. The fourth-order valence-corrected chi connectivity index (χ4v) is 1.82. The Balaban J connectivity index is 0.00000225. The van der Waals surface area contributed by atoms with E-state index in [1.165, 1.54) is 38.5 Å². The Bertz CT molecular complexity index is 273. The maximum atomic E-state index is 9.55. The minimum Gasteiger partial charge on any atom is -0.508 e. The SMILES string of the molecule is CCCCCCCCc1ccccc1O.[H+]. The van der Waals surface area contributed by atoms with Crippen LogP contribution in [-0.2, 0) is 6.42 Å². The molecule has 0 bridgehead atoms. The van der Waals surface area contributed by atoms with Gasteiger partial charge in [0.05, 0.1) is 0 Å². The second-order valence-corrected chi connectivity index (χ2v) is 4.15. The van der Waals surface area contributed by atoms with E-state index >= 15 is 0 Å². The molecule has 0 fully saturated rings. The molecule has 0 amide bonds. The first-order chi connectivity index (χ1) is 7.34. The Kier molecular flexibility index (Phi) is 5.91. The van der Waals surface area contributed by atoms with Gasteiger partial charge in [-0.1, -0.05) is 57.2 Å². The number of aromatic hydroxyl groups is 1. The van der Waals surface area contributed by atoms with Gasteiger partial charge < -0.3 is 5.11 Å². The third-order valence-corrected chi connectivity index (χ3v) is 2.79. The zero-order valence-electron chi connectivity index (χ0n) is 10.7. The van der Waals surface area contributed by atoms with Crippen LogP contribution in [-0.4, -0.2) is 5.11 Å². The van der Waals surface area contributed by atoms with Crippen molar-refractivity contribution in [2.45, 2.75) is 51.9 Å². The monoisotopic (exact) mass is 207 g/mol. The maximum Gasteiger partial charge on any atom is 1.00 e. The number of benzene rings is 1. The van der Waals surface area contributed by atoms with Crippen LogP contribution in [0.15, 0.2) is 24.3 Å². The summed E-state index contributed by atoms with van der Waals surface area (Å²) in [6.45, 7) is 2.24. The standard InChI is InChI=1S/C14H22O/c1-2-3-4-5-6-7-10-13-11-8-9-12-14(13)15/h8-9,11-12,15H,2-7,10H2,1H3/p+1. The first-order valence-corrected chi connectivity index (χ1v) is 6.11. The molecule has 0 saturated heterocycles. The highest BCUT2D eigenvalue weighted by Gasteiger charge is 1.98. The highest BCUT2D eigenvalue weighted by molar-refractivity contribution is 5.31. The van der Waals surface area contributed by atoms with Crippen LogP contribution in [0.25, 0.3) is 0 Å². The number of aryl methyl sites for hydroxylation is 1. The van der Waals surface area contributed by atoms with Crippen LogP contribution in [0, 0.1) is 0 Å². The fraction of sp³-hybridized carbons (Fsp3) is 0.571. The molecule has 15 heavy (non-hydrogen) atoms. The molecule has 1 heteroatoms. The number of para-hydroxylation sites is 1. The summed E-state index contributed by atoms with van der Waals surface area (Å²) >= 11 is 0. The number of unbranched alkanes of at least 4 members (excludes halogenated alkanes) is 5. The molecular weight excluding hydrogens is 184 g/mol. The molecule has 1 rings (SSSR count). The van der Waals surface area contributed by atoms with E-state index in [2.05, 4.69) is 6.92 Å². The smallest absolute Gasteiger partial charge is 0.508 e. The van der Waals surface area contributed by atoms with Crippen LogP contribution < -0.4 is 0 Å². The largest absolute Gasteiger partial charge is 1.00 e. The quantitative estimate of drug-likeness (QED) is 0.657. The normalized spacial score (nSPS) is 10.5. The summed E-state index contributed by atoms with van der Waals surface area (Å²) in [7, 11) is 0. The predicted molar refractivity (Wildman–Crippen MR) is 66.3 cm³/mol. The molecule has 1 aromatic carbocycles. The summed E-state index contributed by atoms with van der Waals surface area (Å²) in [5.41, 5.74) is 1.09. The Labute approximate surface area is 94.6 Å². The van der Waals surface area contributed by atoms with E-state index in [4.69, 9.17) is 0 Å². The average molecular weight is 207 g/mol. The van der Waals surface area contributed by atoms with Crippen molar-refractivity contribution < 1.29 is 6.53 Å². The number of rotatable bonds is 7. The lowest BCUT2D eigenvalue weighted by atomic mass is 10.0. The Morgan fingerprint density at radius 1 is 1.00 bits per heavy atom. The van der Waals surface area contributed by atoms with Gasteiger partial charge in [0.2, 0.25) is 0 Å². The first kappa shape index (κ1) is 12.1. The highest BCUT2D eigenvalue weighted by atomic mass is 16.3.